The van der Waals surface area contributed by atoms with Gasteiger partial charge in [-0.3, -0.25) is 9.89 Å². The summed E-state index contributed by atoms with van der Waals surface area (Å²) in [6.07, 6.45) is 6.45. The van der Waals surface area contributed by atoms with E-state index in [1.165, 1.54) is 19.0 Å². The lowest BCUT2D eigenvalue weighted by molar-refractivity contribution is 0.0944. The minimum atomic E-state index is -0.0652. The maximum Gasteiger partial charge on any atom is 0.254 e. The maximum absolute atomic E-state index is 11.6. The van der Waals surface area contributed by atoms with Gasteiger partial charge in [-0.2, -0.15) is 5.10 Å². The van der Waals surface area contributed by atoms with Gasteiger partial charge in [0.1, 0.15) is 0 Å². The Balaban J connectivity index is 1.81. The average Bonchev–Trinajstić information content (AvgIpc) is 2.81. The molecule has 0 bridgehead atoms. The summed E-state index contributed by atoms with van der Waals surface area (Å²) < 4.78 is 0. The van der Waals surface area contributed by atoms with E-state index >= 15 is 0 Å². The van der Waals surface area contributed by atoms with Crippen LogP contribution in [-0.4, -0.2) is 28.5 Å². The zero-order valence-corrected chi connectivity index (χ0v) is 9.18. The van der Waals surface area contributed by atoms with Crippen LogP contribution in [0.15, 0.2) is 12.4 Å². The third kappa shape index (κ3) is 2.50. The second kappa shape index (κ2) is 4.23. The Bertz CT molecular complexity index is 332. The predicted molar refractivity (Wildman–Crippen MR) is 57.9 cm³/mol. The molecule has 1 aromatic heterocycles. The van der Waals surface area contributed by atoms with Crippen molar-refractivity contribution in [1.82, 2.24) is 15.5 Å². The molecule has 1 aliphatic carbocycles. The molecule has 0 saturated heterocycles. The van der Waals surface area contributed by atoms with Crippen molar-refractivity contribution in [3.8, 4) is 0 Å². The number of carbonyl (C=O) groups excluding carboxylic acids is 1. The lowest BCUT2D eigenvalue weighted by Crippen LogP contribution is -2.30. The van der Waals surface area contributed by atoms with E-state index in [-0.39, 0.29) is 11.3 Å². The number of hydrogen-bond acceptors (Lipinski definition) is 2. The fraction of sp³-hybridized carbons (Fsp3) is 0.600. The van der Waals surface area contributed by atoms with Gasteiger partial charge >= 0.3 is 0 Å². The Hall–Kier alpha value is -1.03. The van der Waals surface area contributed by atoms with E-state index in [0.29, 0.717) is 11.4 Å². The maximum atomic E-state index is 11.6. The molecule has 2 N–H and O–H groups in total. The molecule has 15 heavy (non-hydrogen) atoms. The molecular weight excluding hydrogens is 214 g/mol. The highest BCUT2D eigenvalue weighted by Gasteiger charge is 2.41. The van der Waals surface area contributed by atoms with Gasteiger partial charge in [0.15, 0.2) is 0 Å². The largest absolute Gasteiger partial charge is 0.351 e. The number of nitrogens with zero attached hydrogens (tertiary/aromatic N) is 1. The second-order valence-electron chi connectivity index (χ2n) is 4.11. The number of hydrogen-bond donors (Lipinski definition) is 2. The summed E-state index contributed by atoms with van der Waals surface area (Å²) in [5.41, 5.74) is 0.859. The molecule has 5 heteroatoms. The first-order chi connectivity index (χ1) is 7.26. The van der Waals surface area contributed by atoms with Crippen LogP contribution in [-0.2, 0) is 0 Å². The monoisotopic (exact) mass is 227 g/mol. The zero-order valence-electron chi connectivity index (χ0n) is 8.42. The van der Waals surface area contributed by atoms with Crippen molar-refractivity contribution in [2.45, 2.75) is 19.3 Å². The van der Waals surface area contributed by atoms with Crippen LogP contribution in [0.25, 0.3) is 0 Å². The van der Waals surface area contributed by atoms with Crippen molar-refractivity contribution in [2.24, 2.45) is 5.41 Å². The highest BCUT2D eigenvalue weighted by atomic mass is 35.5. The van der Waals surface area contributed by atoms with Gasteiger partial charge in [-0.15, -0.1) is 11.6 Å². The summed E-state index contributed by atoms with van der Waals surface area (Å²) in [7, 11) is 0. The Morgan fingerprint density at radius 3 is 3.00 bits per heavy atom. The third-order valence-corrected chi connectivity index (χ3v) is 3.16. The van der Waals surface area contributed by atoms with Gasteiger partial charge < -0.3 is 5.32 Å². The van der Waals surface area contributed by atoms with Crippen molar-refractivity contribution in [3.05, 3.63) is 18.0 Å². The van der Waals surface area contributed by atoms with Crippen LogP contribution in [0.3, 0.4) is 0 Å². The Morgan fingerprint density at radius 1 is 1.67 bits per heavy atom. The summed E-state index contributed by atoms with van der Waals surface area (Å²) in [5.74, 6) is 0.603. The number of nitrogens with one attached hydrogen (secondary N) is 2. The SMILES string of the molecule is O=C(NCC1(CCCl)CC1)c1cn[nH]c1. The van der Waals surface area contributed by atoms with Crippen molar-refractivity contribution >= 4 is 17.5 Å². The fourth-order valence-corrected chi connectivity index (χ4v) is 2.04. The summed E-state index contributed by atoms with van der Waals surface area (Å²) in [6.45, 7) is 0.726. The molecule has 82 valence electrons. The van der Waals surface area contributed by atoms with Crippen LogP contribution in [0.5, 0.6) is 0 Å². The van der Waals surface area contributed by atoms with E-state index in [1.807, 2.05) is 0 Å². The van der Waals surface area contributed by atoms with Crippen LogP contribution in [0, 0.1) is 5.41 Å². The molecule has 0 aliphatic heterocycles. The Kier molecular flexibility index (Phi) is 2.95. The van der Waals surface area contributed by atoms with Crippen LogP contribution >= 0.6 is 11.6 Å². The molecule has 1 heterocycles. The number of carbonyl (C=O) groups is 1. The molecule has 1 aliphatic rings. The number of amides is 1. The van der Waals surface area contributed by atoms with Crippen molar-refractivity contribution in [1.29, 1.82) is 0 Å². The minimum Gasteiger partial charge on any atom is -0.351 e. The fourth-order valence-electron chi connectivity index (χ4n) is 1.64. The third-order valence-electron chi connectivity index (χ3n) is 2.97. The van der Waals surface area contributed by atoms with Gasteiger partial charge in [-0.1, -0.05) is 0 Å². The van der Waals surface area contributed by atoms with Gasteiger partial charge in [-0.25, -0.2) is 0 Å². The van der Waals surface area contributed by atoms with E-state index in [2.05, 4.69) is 15.5 Å². The number of aromatic amines is 1. The van der Waals surface area contributed by atoms with Crippen LogP contribution < -0.4 is 5.32 Å². The first kappa shape index (κ1) is 10.5. The van der Waals surface area contributed by atoms with E-state index in [4.69, 9.17) is 11.6 Å². The standard InChI is InChI=1S/C10H14ClN3O/c11-4-3-10(1-2-10)7-12-9(15)8-5-13-14-6-8/h5-6H,1-4,7H2,(H,12,15)(H,13,14). The zero-order chi connectivity index (χ0) is 10.7. The first-order valence-corrected chi connectivity index (χ1v) is 5.62. The summed E-state index contributed by atoms with van der Waals surface area (Å²) in [5, 5.41) is 9.26. The van der Waals surface area contributed by atoms with Crippen molar-refractivity contribution < 1.29 is 4.79 Å². The lowest BCUT2D eigenvalue weighted by Gasteiger charge is -2.13. The topological polar surface area (TPSA) is 57.8 Å². The number of alkyl halides is 1. The summed E-state index contributed by atoms with van der Waals surface area (Å²) >= 11 is 5.71. The molecule has 1 amide bonds. The predicted octanol–water partition coefficient (Wildman–Crippen LogP) is 1.55. The summed E-state index contributed by atoms with van der Waals surface area (Å²) in [4.78, 5) is 11.6. The van der Waals surface area contributed by atoms with Crippen LogP contribution in [0.2, 0.25) is 0 Å². The molecule has 1 saturated carbocycles. The molecule has 0 unspecified atom stereocenters. The molecule has 4 nitrogen and oxygen atoms in total. The second-order valence-corrected chi connectivity index (χ2v) is 4.49. The quantitative estimate of drug-likeness (QED) is 0.750. The van der Waals surface area contributed by atoms with Gasteiger partial charge in [0.2, 0.25) is 0 Å². The molecule has 0 spiro atoms. The highest BCUT2D eigenvalue weighted by Crippen LogP contribution is 2.48. The molecule has 0 radical (unpaired) electrons. The molecule has 0 atom stereocenters. The lowest BCUT2D eigenvalue weighted by atomic mass is 10.0. The number of rotatable bonds is 5. The Labute approximate surface area is 93.4 Å². The summed E-state index contributed by atoms with van der Waals surface area (Å²) in [6, 6.07) is 0. The number of halogens is 1. The normalized spacial score (nSPS) is 17.4. The van der Waals surface area contributed by atoms with Crippen molar-refractivity contribution in [2.75, 3.05) is 12.4 Å². The van der Waals surface area contributed by atoms with E-state index in [0.717, 1.165) is 13.0 Å². The first-order valence-electron chi connectivity index (χ1n) is 5.09. The smallest absolute Gasteiger partial charge is 0.254 e. The molecule has 0 aromatic carbocycles. The molecular formula is C10H14ClN3O. The van der Waals surface area contributed by atoms with Gasteiger partial charge in [0.05, 0.1) is 11.8 Å². The molecule has 1 aromatic rings. The van der Waals surface area contributed by atoms with Crippen LogP contribution in [0.1, 0.15) is 29.6 Å². The van der Waals surface area contributed by atoms with Crippen LogP contribution in [0.4, 0.5) is 0 Å². The van der Waals surface area contributed by atoms with E-state index in [1.54, 1.807) is 6.20 Å². The van der Waals surface area contributed by atoms with Gasteiger partial charge in [0, 0.05) is 18.6 Å². The number of H-pyrrole nitrogens is 1. The Morgan fingerprint density at radius 2 is 2.47 bits per heavy atom. The minimum absolute atomic E-state index is 0.0652. The average molecular weight is 228 g/mol. The van der Waals surface area contributed by atoms with Crippen molar-refractivity contribution in [3.63, 3.8) is 0 Å². The van der Waals surface area contributed by atoms with Gasteiger partial charge in [0.25, 0.3) is 5.91 Å². The molecule has 1 fully saturated rings. The molecule has 2 rings (SSSR count). The van der Waals surface area contributed by atoms with Gasteiger partial charge in [-0.05, 0) is 24.7 Å². The highest BCUT2D eigenvalue weighted by molar-refractivity contribution is 6.17. The van der Waals surface area contributed by atoms with E-state index < -0.39 is 0 Å². The van der Waals surface area contributed by atoms with E-state index in [9.17, 15) is 4.79 Å². The number of aromatic nitrogens is 2.